The zero-order valence-corrected chi connectivity index (χ0v) is 11.1. The molecule has 0 saturated carbocycles. The highest BCUT2D eigenvalue weighted by Crippen LogP contribution is 2.18. The van der Waals surface area contributed by atoms with E-state index in [-0.39, 0.29) is 24.7 Å². The lowest BCUT2D eigenvalue weighted by Gasteiger charge is -2.37. The first kappa shape index (κ1) is 14.0. The Hall–Kier alpha value is -1.46. The fraction of sp³-hybridized carbons (Fsp3) is 0.500. The fourth-order valence-electron chi connectivity index (χ4n) is 2.19. The molecule has 1 heterocycles. The fourth-order valence-corrected chi connectivity index (χ4v) is 2.19. The molecule has 0 bridgehead atoms. The number of hydrogen-bond donors (Lipinski definition) is 1. The molecule has 5 heteroatoms. The number of ether oxygens (including phenoxy) is 1. The summed E-state index contributed by atoms with van der Waals surface area (Å²) < 4.78 is 18.7. The molecule has 104 valence electrons. The first-order valence-electron chi connectivity index (χ1n) is 6.32. The normalized spacial score (nSPS) is 23.5. The Labute approximate surface area is 111 Å². The van der Waals surface area contributed by atoms with Crippen LogP contribution in [0.3, 0.4) is 0 Å². The summed E-state index contributed by atoms with van der Waals surface area (Å²) in [6.45, 7) is 4.23. The highest BCUT2D eigenvalue weighted by Gasteiger charge is 2.30. The molecule has 1 fully saturated rings. The molecule has 1 aromatic rings. The summed E-state index contributed by atoms with van der Waals surface area (Å²) in [4.78, 5) is 14.1. The van der Waals surface area contributed by atoms with Gasteiger partial charge in [-0.2, -0.15) is 0 Å². The zero-order valence-electron chi connectivity index (χ0n) is 11.1. The van der Waals surface area contributed by atoms with Gasteiger partial charge in [0.2, 0.25) is 0 Å². The maximum absolute atomic E-state index is 13.3. The maximum Gasteiger partial charge on any atom is 0.254 e. The van der Waals surface area contributed by atoms with Crippen molar-refractivity contribution in [3.63, 3.8) is 0 Å². The van der Waals surface area contributed by atoms with Crippen LogP contribution in [-0.2, 0) is 4.74 Å². The van der Waals surface area contributed by atoms with Gasteiger partial charge < -0.3 is 14.7 Å². The lowest BCUT2D eigenvalue weighted by atomic mass is 10.1. The molecule has 4 nitrogen and oxygen atoms in total. The van der Waals surface area contributed by atoms with Crippen LogP contribution in [0.2, 0.25) is 0 Å². The molecule has 1 aliphatic heterocycles. The molecule has 2 atom stereocenters. The second kappa shape index (κ2) is 5.67. The molecule has 2 unspecified atom stereocenters. The highest BCUT2D eigenvalue weighted by molar-refractivity contribution is 5.96. The highest BCUT2D eigenvalue weighted by atomic mass is 19.1. The average Bonchev–Trinajstić information content (AvgIpc) is 2.41. The predicted molar refractivity (Wildman–Crippen MR) is 68.5 cm³/mol. The van der Waals surface area contributed by atoms with Gasteiger partial charge in [-0.15, -0.1) is 0 Å². The number of halogens is 1. The van der Waals surface area contributed by atoms with E-state index in [9.17, 15) is 9.18 Å². The third kappa shape index (κ3) is 2.93. The van der Waals surface area contributed by atoms with E-state index in [1.54, 1.807) is 17.9 Å². The second-order valence-corrected chi connectivity index (χ2v) is 4.90. The minimum atomic E-state index is -0.423. The van der Waals surface area contributed by atoms with E-state index < -0.39 is 5.82 Å². The number of aryl methyl sites for hydroxylation is 1. The van der Waals surface area contributed by atoms with Crippen molar-refractivity contribution < 1.29 is 19.0 Å². The van der Waals surface area contributed by atoms with Gasteiger partial charge >= 0.3 is 0 Å². The van der Waals surface area contributed by atoms with Crippen LogP contribution in [0.4, 0.5) is 4.39 Å². The number of nitrogens with zero attached hydrogens (tertiary/aromatic N) is 1. The summed E-state index contributed by atoms with van der Waals surface area (Å²) >= 11 is 0. The Kier molecular flexibility index (Phi) is 4.17. The molecule has 0 spiro atoms. The van der Waals surface area contributed by atoms with Gasteiger partial charge in [0.15, 0.2) is 0 Å². The average molecular weight is 267 g/mol. The number of morpholine rings is 1. The Bertz CT molecular complexity index is 478. The van der Waals surface area contributed by atoms with E-state index in [0.717, 1.165) is 5.56 Å². The van der Waals surface area contributed by atoms with E-state index in [1.807, 2.05) is 6.92 Å². The van der Waals surface area contributed by atoms with Crippen molar-refractivity contribution in [1.82, 2.24) is 4.90 Å². The van der Waals surface area contributed by atoms with Crippen LogP contribution >= 0.6 is 0 Å². The van der Waals surface area contributed by atoms with Gasteiger partial charge in [0, 0.05) is 12.1 Å². The monoisotopic (exact) mass is 267 g/mol. The third-order valence-corrected chi connectivity index (χ3v) is 3.40. The van der Waals surface area contributed by atoms with E-state index in [1.165, 1.54) is 12.1 Å². The quantitative estimate of drug-likeness (QED) is 0.880. The molecule has 0 aliphatic carbocycles. The minimum Gasteiger partial charge on any atom is -0.394 e. The van der Waals surface area contributed by atoms with Crippen molar-refractivity contribution in [1.29, 1.82) is 0 Å². The van der Waals surface area contributed by atoms with Crippen molar-refractivity contribution in [2.75, 3.05) is 19.8 Å². The smallest absolute Gasteiger partial charge is 0.254 e. The van der Waals surface area contributed by atoms with Crippen molar-refractivity contribution >= 4 is 5.91 Å². The van der Waals surface area contributed by atoms with Crippen LogP contribution in [0.25, 0.3) is 0 Å². The third-order valence-electron chi connectivity index (χ3n) is 3.40. The molecule has 1 amide bonds. The van der Waals surface area contributed by atoms with Gasteiger partial charge in [-0.3, -0.25) is 4.79 Å². The number of rotatable bonds is 2. The van der Waals surface area contributed by atoms with Crippen molar-refractivity contribution in [2.24, 2.45) is 0 Å². The SMILES string of the molecule is Cc1ccc(F)cc1C(=O)N1CC(CO)OCC1C. The Morgan fingerprint density at radius 3 is 3.00 bits per heavy atom. The molecule has 1 aliphatic rings. The van der Waals surface area contributed by atoms with Crippen LogP contribution in [-0.4, -0.2) is 47.8 Å². The van der Waals surface area contributed by atoms with Gasteiger partial charge in [0.25, 0.3) is 5.91 Å². The summed E-state index contributed by atoms with van der Waals surface area (Å²) in [5.41, 5.74) is 1.11. The van der Waals surface area contributed by atoms with Crippen molar-refractivity contribution in [2.45, 2.75) is 26.0 Å². The molecular weight excluding hydrogens is 249 g/mol. The lowest BCUT2D eigenvalue weighted by Crippen LogP contribution is -2.52. The lowest BCUT2D eigenvalue weighted by molar-refractivity contribution is -0.0667. The topological polar surface area (TPSA) is 49.8 Å². The largest absolute Gasteiger partial charge is 0.394 e. The summed E-state index contributed by atoms with van der Waals surface area (Å²) in [7, 11) is 0. The summed E-state index contributed by atoms with van der Waals surface area (Å²) in [6, 6.07) is 4.11. The van der Waals surface area contributed by atoms with E-state index >= 15 is 0 Å². The van der Waals surface area contributed by atoms with Gasteiger partial charge in [-0.05, 0) is 31.5 Å². The van der Waals surface area contributed by atoms with Crippen LogP contribution in [0.5, 0.6) is 0 Å². The number of hydrogen-bond acceptors (Lipinski definition) is 3. The predicted octanol–water partition coefficient (Wildman–Crippen LogP) is 1.36. The Morgan fingerprint density at radius 2 is 2.32 bits per heavy atom. The standard InChI is InChI=1S/C14H18FNO3/c1-9-3-4-11(15)5-13(9)14(18)16-6-12(7-17)19-8-10(16)2/h3-5,10,12,17H,6-8H2,1-2H3. The molecule has 0 aromatic heterocycles. The molecule has 2 rings (SSSR count). The van der Waals surface area contributed by atoms with Crippen LogP contribution in [0, 0.1) is 12.7 Å². The van der Waals surface area contributed by atoms with E-state index in [0.29, 0.717) is 18.7 Å². The minimum absolute atomic E-state index is 0.0852. The van der Waals surface area contributed by atoms with E-state index in [2.05, 4.69) is 0 Å². The maximum atomic E-state index is 13.3. The number of benzene rings is 1. The van der Waals surface area contributed by atoms with E-state index in [4.69, 9.17) is 9.84 Å². The Morgan fingerprint density at radius 1 is 1.58 bits per heavy atom. The summed E-state index contributed by atoms with van der Waals surface area (Å²) in [5.74, 6) is -0.639. The molecule has 0 radical (unpaired) electrons. The van der Waals surface area contributed by atoms with Gasteiger partial charge in [-0.25, -0.2) is 4.39 Å². The number of aliphatic hydroxyl groups excluding tert-OH is 1. The number of aliphatic hydroxyl groups is 1. The Balaban J connectivity index is 2.24. The summed E-state index contributed by atoms with van der Waals surface area (Å²) in [6.07, 6.45) is -0.367. The van der Waals surface area contributed by atoms with Gasteiger partial charge in [0.05, 0.1) is 25.4 Å². The van der Waals surface area contributed by atoms with Crippen molar-refractivity contribution in [3.8, 4) is 0 Å². The van der Waals surface area contributed by atoms with Crippen molar-refractivity contribution in [3.05, 3.63) is 35.1 Å². The first-order chi connectivity index (χ1) is 9.02. The summed E-state index contributed by atoms with van der Waals surface area (Å²) in [5, 5.41) is 9.12. The molecule has 19 heavy (non-hydrogen) atoms. The molecule has 1 aromatic carbocycles. The molecular formula is C14H18FNO3. The molecule has 1 N–H and O–H groups in total. The number of carbonyl (C=O) groups is 1. The zero-order chi connectivity index (χ0) is 14.0. The van der Waals surface area contributed by atoms with Gasteiger partial charge in [-0.1, -0.05) is 6.07 Å². The molecule has 1 saturated heterocycles. The second-order valence-electron chi connectivity index (χ2n) is 4.90. The number of amides is 1. The van der Waals surface area contributed by atoms with Crippen LogP contribution in [0.1, 0.15) is 22.8 Å². The van der Waals surface area contributed by atoms with Gasteiger partial charge in [0.1, 0.15) is 5.82 Å². The number of carbonyl (C=O) groups excluding carboxylic acids is 1. The van der Waals surface area contributed by atoms with Crippen LogP contribution in [0.15, 0.2) is 18.2 Å². The first-order valence-corrected chi connectivity index (χ1v) is 6.32. The van der Waals surface area contributed by atoms with Crippen LogP contribution < -0.4 is 0 Å².